The highest BCUT2D eigenvalue weighted by atomic mass is 35.5. The molecule has 2 aliphatic rings. The number of amides is 2. The molecule has 0 aliphatic carbocycles. The van der Waals surface area contributed by atoms with Crippen molar-refractivity contribution < 1.29 is 9.59 Å². The molecule has 2 aromatic rings. The predicted octanol–water partition coefficient (Wildman–Crippen LogP) is 3.92. The summed E-state index contributed by atoms with van der Waals surface area (Å²) in [5.41, 5.74) is 5.26. The van der Waals surface area contributed by atoms with Gasteiger partial charge in [-0.1, -0.05) is 48.9 Å². The highest BCUT2D eigenvalue weighted by molar-refractivity contribution is 6.35. The van der Waals surface area contributed by atoms with E-state index in [1.807, 2.05) is 49.4 Å². The van der Waals surface area contributed by atoms with Crippen LogP contribution >= 0.6 is 11.6 Å². The van der Waals surface area contributed by atoms with Gasteiger partial charge in [-0.05, 0) is 61.2 Å². The molecule has 2 aromatic carbocycles. The van der Waals surface area contributed by atoms with E-state index >= 15 is 0 Å². The van der Waals surface area contributed by atoms with Crippen molar-refractivity contribution in [1.82, 2.24) is 14.7 Å². The SMILES string of the molecule is CCN1CCN(C2=C(c3ccc(C)c(C)c3)C(=O)N(CCc3ccc(Cl)cc3)C2=O)CC1. The van der Waals surface area contributed by atoms with Crippen LogP contribution in [-0.2, 0) is 16.0 Å². The Hall–Kier alpha value is -2.63. The van der Waals surface area contributed by atoms with Crippen LogP contribution in [0.2, 0.25) is 5.02 Å². The van der Waals surface area contributed by atoms with Crippen molar-refractivity contribution in [2.75, 3.05) is 39.3 Å². The van der Waals surface area contributed by atoms with Gasteiger partial charge in [-0.25, -0.2) is 0 Å². The molecule has 0 saturated carbocycles. The summed E-state index contributed by atoms with van der Waals surface area (Å²) in [6, 6.07) is 13.6. The van der Waals surface area contributed by atoms with Crippen molar-refractivity contribution in [1.29, 1.82) is 0 Å². The van der Waals surface area contributed by atoms with E-state index in [2.05, 4.69) is 23.6 Å². The van der Waals surface area contributed by atoms with E-state index < -0.39 is 0 Å². The molecule has 2 amide bonds. The molecule has 168 valence electrons. The second-order valence-electron chi connectivity index (χ2n) is 8.58. The van der Waals surface area contributed by atoms with Gasteiger partial charge in [0.1, 0.15) is 5.70 Å². The summed E-state index contributed by atoms with van der Waals surface area (Å²) in [5, 5.41) is 0.675. The maximum Gasteiger partial charge on any atom is 0.277 e. The third-order valence-corrected chi connectivity index (χ3v) is 6.86. The molecule has 6 heteroatoms. The van der Waals surface area contributed by atoms with Gasteiger partial charge in [0, 0.05) is 37.7 Å². The Bertz CT molecular complexity index is 1050. The lowest BCUT2D eigenvalue weighted by molar-refractivity contribution is -0.137. The first-order valence-corrected chi connectivity index (χ1v) is 11.7. The molecule has 0 unspecified atom stereocenters. The van der Waals surface area contributed by atoms with Gasteiger partial charge in [0.25, 0.3) is 11.8 Å². The standard InChI is InChI=1S/C26H30ClN3O2/c1-4-28-13-15-29(16-14-28)24-23(21-8-5-18(2)19(3)17-21)25(31)30(26(24)32)12-11-20-6-9-22(27)10-7-20/h5-10,17H,4,11-16H2,1-3H3. The minimum atomic E-state index is -0.194. The summed E-state index contributed by atoms with van der Waals surface area (Å²) in [6.45, 7) is 10.9. The van der Waals surface area contributed by atoms with Gasteiger partial charge in [-0.2, -0.15) is 0 Å². The van der Waals surface area contributed by atoms with Gasteiger partial charge in [-0.15, -0.1) is 0 Å². The number of carbonyl (C=O) groups is 2. The first kappa shape index (κ1) is 22.6. The summed E-state index contributed by atoms with van der Waals surface area (Å²) in [5.74, 6) is -0.373. The molecule has 2 heterocycles. The number of imide groups is 1. The number of likely N-dealkylation sites (N-methyl/N-ethyl adjacent to an activating group) is 1. The highest BCUT2D eigenvalue weighted by Gasteiger charge is 2.41. The Morgan fingerprint density at radius 1 is 0.875 bits per heavy atom. The molecule has 5 nitrogen and oxygen atoms in total. The van der Waals surface area contributed by atoms with Crippen LogP contribution in [0, 0.1) is 13.8 Å². The Kier molecular flexibility index (Phi) is 6.68. The minimum absolute atomic E-state index is 0.179. The van der Waals surface area contributed by atoms with Gasteiger partial charge in [0.05, 0.1) is 5.57 Å². The third-order valence-electron chi connectivity index (χ3n) is 6.61. The Morgan fingerprint density at radius 3 is 2.19 bits per heavy atom. The first-order valence-electron chi connectivity index (χ1n) is 11.3. The largest absolute Gasteiger partial charge is 0.364 e. The van der Waals surface area contributed by atoms with Gasteiger partial charge < -0.3 is 9.80 Å². The van der Waals surface area contributed by atoms with Crippen molar-refractivity contribution in [3.05, 3.63) is 75.4 Å². The average molecular weight is 452 g/mol. The van der Waals surface area contributed by atoms with Crippen LogP contribution in [0.1, 0.15) is 29.2 Å². The number of benzene rings is 2. The lowest BCUT2D eigenvalue weighted by atomic mass is 9.99. The number of halogens is 1. The summed E-state index contributed by atoms with van der Waals surface area (Å²) in [6.07, 6.45) is 0.603. The number of hydrogen-bond donors (Lipinski definition) is 0. The van der Waals surface area contributed by atoms with E-state index in [-0.39, 0.29) is 11.8 Å². The summed E-state index contributed by atoms with van der Waals surface area (Å²) in [7, 11) is 0. The molecular weight excluding hydrogens is 422 g/mol. The highest BCUT2D eigenvalue weighted by Crippen LogP contribution is 2.33. The van der Waals surface area contributed by atoms with Crippen LogP contribution in [0.3, 0.4) is 0 Å². The molecule has 2 aliphatic heterocycles. The monoisotopic (exact) mass is 451 g/mol. The molecule has 0 bridgehead atoms. The number of nitrogens with zero attached hydrogens (tertiary/aromatic N) is 3. The summed E-state index contributed by atoms with van der Waals surface area (Å²) in [4.78, 5) is 33.0. The van der Waals surface area contributed by atoms with Gasteiger partial charge in [0.15, 0.2) is 0 Å². The number of piperazine rings is 1. The number of carbonyl (C=O) groups excluding carboxylic acids is 2. The third kappa shape index (κ3) is 4.45. The molecule has 0 N–H and O–H groups in total. The fraction of sp³-hybridized carbons (Fsp3) is 0.385. The van der Waals surface area contributed by atoms with Crippen LogP contribution in [0.5, 0.6) is 0 Å². The van der Waals surface area contributed by atoms with Gasteiger partial charge >= 0.3 is 0 Å². The van der Waals surface area contributed by atoms with Crippen LogP contribution in [0.15, 0.2) is 48.2 Å². The fourth-order valence-corrected chi connectivity index (χ4v) is 4.52. The topological polar surface area (TPSA) is 43.9 Å². The maximum absolute atomic E-state index is 13.6. The van der Waals surface area contributed by atoms with Crippen molar-refractivity contribution in [3.8, 4) is 0 Å². The van der Waals surface area contributed by atoms with Crippen LogP contribution in [0.4, 0.5) is 0 Å². The van der Waals surface area contributed by atoms with Gasteiger partial charge in [-0.3, -0.25) is 14.5 Å². The lowest BCUT2D eigenvalue weighted by Crippen LogP contribution is -2.47. The number of aryl methyl sites for hydroxylation is 2. The van der Waals surface area contributed by atoms with E-state index in [1.54, 1.807) is 0 Å². The molecule has 32 heavy (non-hydrogen) atoms. The van der Waals surface area contributed by atoms with E-state index in [4.69, 9.17) is 11.6 Å². The zero-order valence-electron chi connectivity index (χ0n) is 19.0. The number of hydrogen-bond acceptors (Lipinski definition) is 4. The first-order chi connectivity index (χ1) is 15.4. The average Bonchev–Trinajstić information content (AvgIpc) is 3.05. The molecular formula is C26H30ClN3O2. The number of rotatable bonds is 6. The smallest absolute Gasteiger partial charge is 0.277 e. The fourth-order valence-electron chi connectivity index (χ4n) is 4.40. The molecule has 0 atom stereocenters. The van der Waals surface area contributed by atoms with E-state index in [9.17, 15) is 9.59 Å². The summed E-state index contributed by atoms with van der Waals surface area (Å²) >= 11 is 5.99. The second-order valence-corrected chi connectivity index (χ2v) is 9.02. The lowest BCUT2D eigenvalue weighted by Gasteiger charge is -2.36. The Morgan fingerprint density at radius 2 is 1.56 bits per heavy atom. The van der Waals surface area contributed by atoms with Crippen molar-refractivity contribution in [3.63, 3.8) is 0 Å². The second kappa shape index (κ2) is 9.47. The maximum atomic E-state index is 13.6. The molecule has 0 radical (unpaired) electrons. The van der Waals surface area contributed by atoms with Crippen molar-refractivity contribution >= 4 is 29.0 Å². The molecule has 1 fully saturated rings. The Balaban J connectivity index is 1.64. The predicted molar refractivity (Wildman–Crippen MR) is 128 cm³/mol. The Labute approximate surface area is 195 Å². The van der Waals surface area contributed by atoms with E-state index in [0.29, 0.717) is 29.3 Å². The van der Waals surface area contributed by atoms with Gasteiger partial charge in [0.2, 0.25) is 0 Å². The zero-order valence-corrected chi connectivity index (χ0v) is 19.8. The van der Waals surface area contributed by atoms with Crippen molar-refractivity contribution in [2.45, 2.75) is 27.2 Å². The van der Waals surface area contributed by atoms with Crippen LogP contribution in [0.25, 0.3) is 5.57 Å². The van der Waals surface area contributed by atoms with Crippen LogP contribution < -0.4 is 0 Å². The van der Waals surface area contributed by atoms with E-state index in [1.165, 1.54) is 10.5 Å². The van der Waals surface area contributed by atoms with Crippen molar-refractivity contribution in [2.24, 2.45) is 0 Å². The molecule has 0 spiro atoms. The molecule has 1 saturated heterocycles. The minimum Gasteiger partial charge on any atom is -0.364 e. The van der Waals surface area contributed by atoms with Crippen LogP contribution in [-0.4, -0.2) is 65.8 Å². The molecule has 4 rings (SSSR count). The quantitative estimate of drug-likeness (QED) is 0.624. The normalized spacial score (nSPS) is 17.6. The van der Waals surface area contributed by atoms with E-state index in [0.717, 1.165) is 49.4 Å². The molecule has 0 aromatic heterocycles. The summed E-state index contributed by atoms with van der Waals surface area (Å²) < 4.78 is 0. The zero-order chi connectivity index (χ0) is 22.8.